The van der Waals surface area contributed by atoms with E-state index >= 15 is 0 Å². The second kappa shape index (κ2) is 5.62. The van der Waals surface area contributed by atoms with Crippen molar-refractivity contribution in [1.82, 2.24) is 24.5 Å². The number of allylic oxidation sites excluding steroid dienone is 1. The summed E-state index contributed by atoms with van der Waals surface area (Å²) in [6.07, 6.45) is 5.90. The zero-order valence-electron chi connectivity index (χ0n) is 13.5. The number of anilines is 1. The molecule has 0 saturated carbocycles. The van der Waals surface area contributed by atoms with E-state index in [0.29, 0.717) is 0 Å². The van der Waals surface area contributed by atoms with Gasteiger partial charge >= 0.3 is 0 Å². The van der Waals surface area contributed by atoms with Crippen LogP contribution in [0.3, 0.4) is 0 Å². The number of aromatic nitrogens is 4. The van der Waals surface area contributed by atoms with Gasteiger partial charge in [0, 0.05) is 26.2 Å². The third-order valence-electron chi connectivity index (χ3n) is 4.40. The van der Waals surface area contributed by atoms with E-state index in [1.54, 1.807) is 6.33 Å². The molecule has 0 bridgehead atoms. The zero-order valence-corrected chi connectivity index (χ0v) is 13.5. The van der Waals surface area contributed by atoms with Gasteiger partial charge in [-0.1, -0.05) is 18.2 Å². The third kappa shape index (κ3) is 2.45. The Morgan fingerprint density at radius 1 is 1.13 bits per heavy atom. The number of benzene rings is 1. The van der Waals surface area contributed by atoms with Gasteiger partial charge < -0.3 is 9.80 Å². The Balaban J connectivity index is 1.88. The van der Waals surface area contributed by atoms with Gasteiger partial charge in [-0.15, -0.1) is 10.2 Å². The molecule has 3 aromatic rings. The van der Waals surface area contributed by atoms with Crippen molar-refractivity contribution in [3.63, 3.8) is 0 Å². The second-order valence-corrected chi connectivity index (χ2v) is 6.00. The summed E-state index contributed by atoms with van der Waals surface area (Å²) in [7, 11) is 2.15. The molecule has 1 aliphatic rings. The lowest BCUT2D eigenvalue weighted by Crippen LogP contribution is -2.45. The number of likely N-dealkylation sites (N-methyl/N-ethyl adjacent to an activating group) is 1. The topological polar surface area (TPSA) is 49.6 Å². The Hall–Kier alpha value is -2.47. The van der Waals surface area contributed by atoms with Crippen LogP contribution in [0.5, 0.6) is 0 Å². The van der Waals surface area contributed by atoms with Crippen LogP contribution in [-0.2, 0) is 0 Å². The standard InChI is InChI=1S/C17H20N6/c1-3-4-13-5-6-14-15(11-13)23-12-18-20-17(23)16(19-14)22-9-7-21(2)8-10-22/h3-6,11-12H,7-10H2,1-2H3. The van der Waals surface area contributed by atoms with Crippen LogP contribution in [-0.4, -0.2) is 57.7 Å². The van der Waals surface area contributed by atoms with Gasteiger partial charge in [0.2, 0.25) is 5.65 Å². The van der Waals surface area contributed by atoms with E-state index in [2.05, 4.69) is 51.3 Å². The van der Waals surface area contributed by atoms with Crippen LogP contribution in [0.15, 0.2) is 30.6 Å². The number of nitrogens with zero attached hydrogens (tertiary/aromatic N) is 6. The molecule has 118 valence electrons. The van der Waals surface area contributed by atoms with Crippen LogP contribution in [0.4, 0.5) is 5.82 Å². The van der Waals surface area contributed by atoms with Crippen LogP contribution in [0.1, 0.15) is 12.5 Å². The van der Waals surface area contributed by atoms with Crippen LogP contribution in [0.2, 0.25) is 0 Å². The fourth-order valence-corrected chi connectivity index (χ4v) is 3.08. The van der Waals surface area contributed by atoms with Gasteiger partial charge in [0.15, 0.2) is 5.82 Å². The molecule has 1 aromatic carbocycles. The minimum atomic E-state index is 0.833. The van der Waals surface area contributed by atoms with Crippen molar-refractivity contribution in [3.8, 4) is 0 Å². The normalized spacial score (nSPS) is 16.9. The van der Waals surface area contributed by atoms with Gasteiger partial charge in [-0.05, 0) is 31.7 Å². The van der Waals surface area contributed by atoms with Crippen LogP contribution in [0.25, 0.3) is 22.8 Å². The second-order valence-electron chi connectivity index (χ2n) is 6.00. The first-order valence-electron chi connectivity index (χ1n) is 7.96. The summed E-state index contributed by atoms with van der Waals surface area (Å²) in [4.78, 5) is 9.53. The predicted molar refractivity (Wildman–Crippen MR) is 92.7 cm³/mol. The monoisotopic (exact) mass is 308 g/mol. The highest BCUT2D eigenvalue weighted by Crippen LogP contribution is 2.25. The molecule has 1 aliphatic heterocycles. The summed E-state index contributed by atoms with van der Waals surface area (Å²) in [5.74, 6) is 0.932. The van der Waals surface area contributed by atoms with Gasteiger partial charge in [-0.2, -0.15) is 0 Å². The molecule has 0 unspecified atom stereocenters. The molecule has 0 aliphatic carbocycles. The number of rotatable bonds is 2. The largest absolute Gasteiger partial charge is 0.351 e. The highest BCUT2D eigenvalue weighted by Gasteiger charge is 2.20. The molecule has 0 N–H and O–H groups in total. The fourth-order valence-electron chi connectivity index (χ4n) is 3.08. The summed E-state index contributed by atoms with van der Waals surface area (Å²) in [6.45, 7) is 6.04. The number of hydrogen-bond donors (Lipinski definition) is 0. The van der Waals surface area contributed by atoms with Crippen molar-refractivity contribution in [3.05, 3.63) is 36.2 Å². The van der Waals surface area contributed by atoms with Crippen molar-refractivity contribution >= 4 is 28.6 Å². The Kier molecular flexibility index (Phi) is 3.46. The molecule has 23 heavy (non-hydrogen) atoms. The molecule has 1 fully saturated rings. The Morgan fingerprint density at radius 3 is 2.74 bits per heavy atom. The summed E-state index contributed by atoms with van der Waals surface area (Å²) in [6, 6.07) is 6.30. The lowest BCUT2D eigenvalue weighted by atomic mass is 10.2. The minimum absolute atomic E-state index is 0.833. The summed E-state index contributed by atoms with van der Waals surface area (Å²) in [5, 5.41) is 8.43. The first-order valence-corrected chi connectivity index (χ1v) is 7.96. The molecule has 3 heterocycles. The summed E-state index contributed by atoms with van der Waals surface area (Å²) in [5.41, 5.74) is 4.00. The first-order chi connectivity index (χ1) is 11.3. The zero-order chi connectivity index (χ0) is 15.8. The highest BCUT2D eigenvalue weighted by atomic mass is 15.3. The van der Waals surface area contributed by atoms with Gasteiger partial charge in [-0.3, -0.25) is 4.40 Å². The van der Waals surface area contributed by atoms with Crippen LogP contribution in [0, 0.1) is 0 Å². The quantitative estimate of drug-likeness (QED) is 0.725. The molecular weight excluding hydrogens is 288 g/mol. The SMILES string of the molecule is CC=Cc1ccc2nc(N3CCN(C)CC3)c3nncn3c2c1. The maximum atomic E-state index is 4.89. The van der Waals surface area contributed by atoms with E-state index in [1.165, 1.54) is 0 Å². The molecule has 0 spiro atoms. The maximum absolute atomic E-state index is 4.89. The maximum Gasteiger partial charge on any atom is 0.204 e. The average Bonchev–Trinajstić information content (AvgIpc) is 3.05. The van der Waals surface area contributed by atoms with Crippen molar-refractivity contribution in [1.29, 1.82) is 0 Å². The predicted octanol–water partition coefficient (Wildman–Crippen LogP) is 2.06. The number of hydrogen-bond acceptors (Lipinski definition) is 5. The smallest absolute Gasteiger partial charge is 0.204 e. The number of fused-ring (bicyclic) bond motifs is 3. The molecule has 4 rings (SSSR count). The van der Waals surface area contributed by atoms with Gasteiger partial charge in [-0.25, -0.2) is 4.98 Å². The van der Waals surface area contributed by atoms with E-state index in [0.717, 1.165) is 54.2 Å². The summed E-state index contributed by atoms with van der Waals surface area (Å²) < 4.78 is 2.04. The molecule has 6 heteroatoms. The minimum Gasteiger partial charge on any atom is -0.351 e. The third-order valence-corrected chi connectivity index (χ3v) is 4.40. The van der Waals surface area contributed by atoms with Crippen molar-refractivity contribution in [2.24, 2.45) is 0 Å². The molecule has 0 atom stereocenters. The average molecular weight is 308 g/mol. The van der Waals surface area contributed by atoms with E-state index in [9.17, 15) is 0 Å². The van der Waals surface area contributed by atoms with Crippen molar-refractivity contribution < 1.29 is 0 Å². The Bertz CT molecular complexity index is 873. The Morgan fingerprint density at radius 2 is 1.96 bits per heavy atom. The van der Waals surface area contributed by atoms with Crippen molar-refractivity contribution in [2.75, 3.05) is 38.1 Å². The number of piperazine rings is 1. The fraction of sp³-hybridized carbons (Fsp3) is 0.353. The van der Waals surface area contributed by atoms with Gasteiger partial charge in [0.25, 0.3) is 0 Å². The van der Waals surface area contributed by atoms with Crippen LogP contribution < -0.4 is 4.90 Å². The van der Waals surface area contributed by atoms with Crippen LogP contribution >= 0.6 is 0 Å². The van der Waals surface area contributed by atoms with E-state index in [1.807, 2.05) is 17.4 Å². The molecule has 2 aromatic heterocycles. The molecule has 6 nitrogen and oxygen atoms in total. The Labute approximate surface area is 135 Å². The lowest BCUT2D eigenvalue weighted by Gasteiger charge is -2.33. The summed E-state index contributed by atoms with van der Waals surface area (Å²) >= 11 is 0. The van der Waals surface area contributed by atoms with Gasteiger partial charge in [0.05, 0.1) is 11.0 Å². The molecule has 1 saturated heterocycles. The van der Waals surface area contributed by atoms with E-state index in [-0.39, 0.29) is 0 Å². The van der Waals surface area contributed by atoms with E-state index in [4.69, 9.17) is 4.98 Å². The molecular formula is C17H20N6. The molecule has 0 radical (unpaired) electrons. The first kappa shape index (κ1) is 14.1. The lowest BCUT2D eigenvalue weighted by molar-refractivity contribution is 0.312. The molecule has 0 amide bonds. The highest BCUT2D eigenvalue weighted by molar-refractivity contribution is 5.84. The van der Waals surface area contributed by atoms with Gasteiger partial charge in [0.1, 0.15) is 6.33 Å². The van der Waals surface area contributed by atoms with E-state index < -0.39 is 0 Å². The van der Waals surface area contributed by atoms with Crippen molar-refractivity contribution in [2.45, 2.75) is 6.92 Å².